The molecule has 0 spiro atoms. The Bertz CT molecular complexity index is 1440. The lowest BCUT2D eigenvalue weighted by atomic mass is 10.1. The van der Waals surface area contributed by atoms with Crippen LogP contribution in [0.15, 0.2) is 83.8 Å². The van der Waals surface area contributed by atoms with E-state index in [0.29, 0.717) is 17.9 Å². The van der Waals surface area contributed by atoms with E-state index in [2.05, 4.69) is 5.32 Å². The topological polar surface area (TPSA) is 105 Å². The van der Waals surface area contributed by atoms with E-state index < -0.39 is 34.1 Å². The van der Waals surface area contributed by atoms with E-state index in [1.807, 2.05) is 33.8 Å². The van der Waals surface area contributed by atoms with Crippen molar-refractivity contribution in [3.63, 3.8) is 0 Å². The van der Waals surface area contributed by atoms with Gasteiger partial charge < -0.3 is 19.7 Å². The highest BCUT2D eigenvalue weighted by molar-refractivity contribution is 7.92. The van der Waals surface area contributed by atoms with Crippen molar-refractivity contribution in [2.75, 3.05) is 25.1 Å². The van der Waals surface area contributed by atoms with Gasteiger partial charge in [-0.25, -0.2) is 8.42 Å². The Labute approximate surface area is 243 Å². The molecule has 220 valence electrons. The van der Waals surface area contributed by atoms with Gasteiger partial charge in [0.05, 0.1) is 24.8 Å². The minimum atomic E-state index is -4.16. The first-order chi connectivity index (χ1) is 19.4. The van der Waals surface area contributed by atoms with Crippen molar-refractivity contribution >= 4 is 27.5 Å². The third-order valence-corrected chi connectivity index (χ3v) is 8.11. The number of carbonyl (C=O) groups is 2. The molecule has 3 rings (SSSR count). The first-order valence-corrected chi connectivity index (χ1v) is 14.8. The quantitative estimate of drug-likeness (QED) is 0.335. The fourth-order valence-electron chi connectivity index (χ4n) is 4.35. The molecule has 0 aliphatic carbocycles. The molecule has 0 unspecified atom stereocenters. The molecule has 0 aromatic heterocycles. The number of carbonyl (C=O) groups excluding carboxylic acids is 2. The van der Waals surface area contributed by atoms with Gasteiger partial charge in [-0.15, -0.1) is 0 Å². The number of anilines is 1. The summed E-state index contributed by atoms with van der Waals surface area (Å²) >= 11 is 0. The predicted octanol–water partition coefficient (Wildman–Crippen LogP) is 4.62. The molecule has 0 heterocycles. The third-order valence-electron chi connectivity index (χ3n) is 6.32. The first kappa shape index (κ1) is 31.5. The number of rotatable bonds is 12. The lowest BCUT2D eigenvalue weighted by Crippen LogP contribution is -2.55. The molecular formula is C31H39N3O6S. The molecule has 0 saturated carbocycles. The van der Waals surface area contributed by atoms with Crippen LogP contribution >= 0.6 is 0 Å². The Kier molecular flexibility index (Phi) is 10.4. The van der Waals surface area contributed by atoms with Crippen molar-refractivity contribution in [1.29, 1.82) is 0 Å². The first-order valence-electron chi connectivity index (χ1n) is 13.4. The Hall–Kier alpha value is -4.05. The second-order valence-corrected chi connectivity index (χ2v) is 12.4. The fourth-order valence-corrected chi connectivity index (χ4v) is 5.78. The van der Waals surface area contributed by atoms with Crippen LogP contribution in [0.5, 0.6) is 11.5 Å². The highest BCUT2D eigenvalue weighted by atomic mass is 32.2. The van der Waals surface area contributed by atoms with E-state index in [-0.39, 0.29) is 23.0 Å². The Balaban J connectivity index is 2.09. The maximum atomic E-state index is 14.2. The summed E-state index contributed by atoms with van der Waals surface area (Å²) in [6.07, 6.45) is 0.322. The lowest BCUT2D eigenvalue weighted by molar-refractivity contribution is -0.141. The minimum absolute atomic E-state index is 0.0347. The van der Waals surface area contributed by atoms with Gasteiger partial charge in [0.1, 0.15) is 24.1 Å². The summed E-state index contributed by atoms with van der Waals surface area (Å²) in [5.74, 6) is 0.181. The van der Waals surface area contributed by atoms with Gasteiger partial charge in [-0.3, -0.25) is 13.9 Å². The van der Waals surface area contributed by atoms with Crippen LogP contribution in [-0.2, 0) is 26.2 Å². The van der Waals surface area contributed by atoms with Gasteiger partial charge in [0.2, 0.25) is 11.8 Å². The van der Waals surface area contributed by atoms with Crippen LogP contribution in [0.4, 0.5) is 5.69 Å². The number of hydrogen-bond donors (Lipinski definition) is 1. The van der Waals surface area contributed by atoms with Crippen molar-refractivity contribution in [3.8, 4) is 11.5 Å². The molecule has 1 N–H and O–H groups in total. The monoisotopic (exact) mass is 581 g/mol. The summed E-state index contributed by atoms with van der Waals surface area (Å²) in [6, 6.07) is 20.8. The van der Waals surface area contributed by atoms with Crippen molar-refractivity contribution in [2.24, 2.45) is 0 Å². The molecular weight excluding hydrogens is 542 g/mol. The molecule has 0 aliphatic heterocycles. The molecule has 0 saturated heterocycles. The van der Waals surface area contributed by atoms with Crippen LogP contribution in [0.25, 0.3) is 0 Å². The number of benzene rings is 3. The molecule has 9 nitrogen and oxygen atoms in total. The van der Waals surface area contributed by atoms with Crippen LogP contribution in [-0.4, -0.2) is 57.5 Å². The summed E-state index contributed by atoms with van der Waals surface area (Å²) in [5, 5.41) is 2.96. The largest absolute Gasteiger partial charge is 0.497 e. The van der Waals surface area contributed by atoms with E-state index in [1.54, 1.807) is 67.8 Å². The van der Waals surface area contributed by atoms with Crippen molar-refractivity contribution in [3.05, 3.63) is 84.4 Å². The average molecular weight is 582 g/mol. The van der Waals surface area contributed by atoms with Crippen molar-refractivity contribution in [2.45, 2.75) is 57.1 Å². The highest BCUT2D eigenvalue weighted by Gasteiger charge is 2.34. The average Bonchev–Trinajstić information content (AvgIpc) is 2.95. The summed E-state index contributed by atoms with van der Waals surface area (Å²) in [5.41, 5.74) is 0.465. The number of amides is 2. The zero-order valence-corrected chi connectivity index (χ0v) is 25.3. The SMILES string of the molecule is CC[C@H](C(=O)NC(C)(C)C)N(Cc1cccc(OC)c1)C(=O)CN(c1cccc(OC)c1)S(=O)(=O)c1ccccc1. The smallest absolute Gasteiger partial charge is 0.264 e. The van der Waals surface area contributed by atoms with Crippen LogP contribution < -0.4 is 19.1 Å². The number of sulfonamides is 1. The molecule has 3 aromatic carbocycles. The number of hydrogen-bond acceptors (Lipinski definition) is 6. The number of nitrogens with zero attached hydrogens (tertiary/aromatic N) is 2. The Morgan fingerprint density at radius 3 is 2.07 bits per heavy atom. The Morgan fingerprint density at radius 2 is 1.49 bits per heavy atom. The second kappa shape index (κ2) is 13.5. The van der Waals surface area contributed by atoms with Crippen molar-refractivity contribution in [1.82, 2.24) is 10.2 Å². The molecule has 0 aliphatic rings. The van der Waals surface area contributed by atoms with Gasteiger partial charge in [0, 0.05) is 18.2 Å². The summed E-state index contributed by atoms with van der Waals surface area (Å²) in [7, 11) is -1.13. The van der Waals surface area contributed by atoms with Crippen molar-refractivity contribution < 1.29 is 27.5 Å². The highest BCUT2D eigenvalue weighted by Crippen LogP contribution is 2.28. The van der Waals surface area contributed by atoms with Crippen LogP contribution in [0, 0.1) is 0 Å². The fraction of sp³-hybridized carbons (Fsp3) is 0.355. The molecule has 2 amide bonds. The maximum Gasteiger partial charge on any atom is 0.264 e. The predicted molar refractivity (Wildman–Crippen MR) is 159 cm³/mol. The normalized spacial score (nSPS) is 12.2. The van der Waals surface area contributed by atoms with Gasteiger partial charge in [-0.2, -0.15) is 0 Å². The lowest BCUT2D eigenvalue weighted by Gasteiger charge is -2.34. The second-order valence-electron chi connectivity index (χ2n) is 10.6. The summed E-state index contributed by atoms with van der Waals surface area (Å²) in [6.45, 7) is 6.95. The van der Waals surface area contributed by atoms with Crippen LogP contribution in [0.1, 0.15) is 39.7 Å². The molecule has 0 radical (unpaired) electrons. The number of nitrogens with one attached hydrogen (secondary N) is 1. The van der Waals surface area contributed by atoms with E-state index in [0.717, 1.165) is 9.87 Å². The van der Waals surface area contributed by atoms with Gasteiger partial charge in [-0.05, 0) is 69.2 Å². The molecule has 41 heavy (non-hydrogen) atoms. The van der Waals surface area contributed by atoms with E-state index in [9.17, 15) is 18.0 Å². The minimum Gasteiger partial charge on any atom is -0.497 e. The molecule has 10 heteroatoms. The van der Waals surface area contributed by atoms with Crippen LogP contribution in [0.2, 0.25) is 0 Å². The summed E-state index contributed by atoms with van der Waals surface area (Å²) in [4.78, 5) is 29.1. The van der Waals surface area contributed by atoms with Gasteiger partial charge in [0.25, 0.3) is 10.0 Å². The molecule has 3 aromatic rings. The standard InChI is InChI=1S/C31H39N3O6S/c1-7-28(30(36)32-31(2,3)4)33(21-23-13-11-15-25(19-23)39-5)29(35)22-34(24-14-12-16-26(20-24)40-6)41(37,38)27-17-9-8-10-18-27/h8-20,28H,7,21-22H2,1-6H3,(H,32,36)/t28-/m1/s1. The zero-order valence-electron chi connectivity index (χ0n) is 24.5. The summed E-state index contributed by atoms with van der Waals surface area (Å²) < 4.78 is 39.6. The molecule has 0 fully saturated rings. The molecule has 1 atom stereocenters. The van der Waals surface area contributed by atoms with E-state index >= 15 is 0 Å². The van der Waals surface area contributed by atoms with E-state index in [4.69, 9.17) is 9.47 Å². The maximum absolute atomic E-state index is 14.2. The zero-order chi connectivity index (χ0) is 30.2. The van der Waals surface area contributed by atoms with Crippen LogP contribution in [0.3, 0.4) is 0 Å². The molecule has 0 bridgehead atoms. The third kappa shape index (κ3) is 8.23. The van der Waals surface area contributed by atoms with Gasteiger partial charge in [0.15, 0.2) is 0 Å². The van der Waals surface area contributed by atoms with Gasteiger partial charge >= 0.3 is 0 Å². The van der Waals surface area contributed by atoms with E-state index in [1.165, 1.54) is 24.1 Å². The number of ether oxygens (including phenoxy) is 2. The Morgan fingerprint density at radius 1 is 0.878 bits per heavy atom. The van der Waals surface area contributed by atoms with Gasteiger partial charge in [-0.1, -0.05) is 43.3 Å². The number of methoxy groups -OCH3 is 2.